The number of hydrogen-bond donors (Lipinski definition) is 2. The smallest absolute Gasteiger partial charge is 0.339 e. The topological polar surface area (TPSA) is 97.4 Å². The predicted molar refractivity (Wildman–Crippen MR) is 117 cm³/mol. The number of amides is 3. The molecule has 3 amide bonds. The molecule has 7 nitrogen and oxygen atoms in total. The van der Waals surface area contributed by atoms with Crippen LogP contribution in [0.3, 0.4) is 0 Å². The Bertz CT molecular complexity index is 998. The van der Waals surface area contributed by atoms with Crippen LogP contribution in [0.4, 0.5) is 4.79 Å². The fourth-order valence-corrected chi connectivity index (χ4v) is 4.56. The predicted octanol–water partition coefficient (Wildman–Crippen LogP) is 3.82. The van der Waals surface area contributed by atoms with Crippen LogP contribution in [0.25, 0.3) is 10.9 Å². The molecule has 0 radical (unpaired) electrons. The number of carbonyl (C=O) groups excluding carboxylic acids is 3. The quantitative estimate of drug-likeness (QED) is 0.729. The van der Waals surface area contributed by atoms with Crippen molar-refractivity contribution in [2.24, 2.45) is 0 Å². The van der Waals surface area contributed by atoms with Gasteiger partial charge in [-0.3, -0.25) is 15.1 Å². The molecule has 1 fully saturated rings. The van der Waals surface area contributed by atoms with E-state index >= 15 is 0 Å². The molecule has 0 unspecified atom stereocenters. The number of nitrogens with zero attached hydrogens (tertiary/aromatic N) is 1. The van der Waals surface area contributed by atoms with Gasteiger partial charge in [-0.1, -0.05) is 37.5 Å². The summed E-state index contributed by atoms with van der Waals surface area (Å²) in [5, 5.41) is 5.87. The number of fused-ring (bicyclic) bond motifs is 2. The van der Waals surface area contributed by atoms with Crippen LogP contribution in [-0.4, -0.2) is 35.0 Å². The third-order valence-electron chi connectivity index (χ3n) is 6.20. The third-order valence-corrected chi connectivity index (χ3v) is 6.20. The molecule has 2 N–H and O–H groups in total. The van der Waals surface area contributed by atoms with Crippen molar-refractivity contribution in [1.29, 1.82) is 0 Å². The van der Waals surface area contributed by atoms with Crippen LogP contribution in [0.15, 0.2) is 24.3 Å². The van der Waals surface area contributed by atoms with E-state index in [9.17, 15) is 14.4 Å². The summed E-state index contributed by atoms with van der Waals surface area (Å²) in [6, 6.07) is 7.05. The van der Waals surface area contributed by atoms with E-state index in [1.54, 1.807) is 0 Å². The number of nitrogens with one attached hydrogen (secondary N) is 2. The molecule has 1 atom stereocenters. The van der Waals surface area contributed by atoms with E-state index in [-0.39, 0.29) is 6.04 Å². The molecule has 0 aliphatic heterocycles. The number of aromatic nitrogens is 1. The summed E-state index contributed by atoms with van der Waals surface area (Å²) < 4.78 is 5.50. The fraction of sp³-hybridized carbons (Fsp3) is 0.500. The lowest BCUT2D eigenvalue weighted by atomic mass is 9.90. The van der Waals surface area contributed by atoms with Crippen molar-refractivity contribution in [3.63, 3.8) is 0 Å². The van der Waals surface area contributed by atoms with Gasteiger partial charge in [0.05, 0.1) is 11.1 Å². The number of pyridine rings is 1. The lowest BCUT2D eigenvalue weighted by Gasteiger charge is -2.23. The molecule has 164 valence electrons. The maximum atomic E-state index is 13.1. The van der Waals surface area contributed by atoms with Crippen molar-refractivity contribution in [2.45, 2.75) is 76.9 Å². The number of para-hydroxylation sites is 1. The molecule has 0 bridgehead atoms. The Hall–Kier alpha value is -2.96. The zero-order valence-electron chi connectivity index (χ0n) is 17.9. The van der Waals surface area contributed by atoms with Crippen LogP contribution in [0, 0.1) is 0 Å². The molecule has 2 aromatic rings. The fourth-order valence-electron chi connectivity index (χ4n) is 4.56. The van der Waals surface area contributed by atoms with Crippen LogP contribution < -0.4 is 10.6 Å². The normalized spacial score (nSPS) is 17.5. The van der Waals surface area contributed by atoms with E-state index in [4.69, 9.17) is 9.72 Å². The Balaban J connectivity index is 1.46. The van der Waals surface area contributed by atoms with Gasteiger partial charge in [0.15, 0.2) is 6.10 Å². The van der Waals surface area contributed by atoms with Gasteiger partial charge in [0.2, 0.25) is 0 Å². The van der Waals surface area contributed by atoms with Gasteiger partial charge in [-0.25, -0.2) is 9.59 Å². The minimum Gasteiger partial charge on any atom is -0.449 e. The van der Waals surface area contributed by atoms with Gasteiger partial charge in [0.25, 0.3) is 5.91 Å². The zero-order valence-corrected chi connectivity index (χ0v) is 17.9. The first-order valence-electron chi connectivity index (χ1n) is 11.3. The average molecular weight is 424 g/mol. The molecule has 1 saturated carbocycles. The van der Waals surface area contributed by atoms with E-state index < -0.39 is 24.0 Å². The van der Waals surface area contributed by atoms with Crippen LogP contribution in [0.1, 0.15) is 73.5 Å². The standard InChI is InChI=1S/C24H29N3O4/c1-15(22(28)27-24(30)25-16-9-3-2-4-10-16)31-23(29)21-17-11-5-7-13-19(17)26-20-14-8-6-12-18(20)21/h5,7,11,13,15-16H,2-4,6,8-10,12,14H2,1H3,(H2,25,27,28,30)/t15-/m1/s1. The number of carbonyl (C=O) groups is 3. The first-order valence-corrected chi connectivity index (χ1v) is 11.3. The van der Waals surface area contributed by atoms with Gasteiger partial charge in [-0.15, -0.1) is 0 Å². The summed E-state index contributed by atoms with van der Waals surface area (Å²) in [5.74, 6) is -1.18. The number of benzene rings is 1. The highest BCUT2D eigenvalue weighted by molar-refractivity contribution is 6.06. The second kappa shape index (κ2) is 9.45. The second-order valence-corrected chi connectivity index (χ2v) is 8.48. The number of esters is 1. The monoisotopic (exact) mass is 423 g/mol. The highest BCUT2D eigenvalue weighted by atomic mass is 16.5. The van der Waals surface area contributed by atoms with Gasteiger partial charge in [-0.2, -0.15) is 0 Å². The molecule has 31 heavy (non-hydrogen) atoms. The Morgan fingerprint density at radius 2 is 1.77 bits per heavy atom. The van der Waals surface area contributed by atoms with Gasteiger partial charge in [0, 0.05) is 17.1 Å². The van der Waals surface area contributed by atoms with E-state index in [0.29, 0.717) is 5.56 Å². The van der Waals surface area contributed by atoms with Crippen molar-refractivity contribution in [3.8, 4) is 0 Å². The van der Waals surface area contributed by atoms with Crippen LogP contribution >= 0.6 is 0 Å². The zero-order chi connectivity index (χ0) is 21.8. The van der Waals surface area contributed by atoms with Gasteiger partial charge in [-0.05, 0) is 57.1 Å². The Morgan fingerprint density at radius 1 is 1.03 bits per heavy atom. The molecule has 1 aromatic carbocycles. The third kappa shape index (κ3) is 4.86. The molecule has 1 aromatic heterocycles. The van der Waals surface area contributed by atoms with Crippen LogP contribution in [0.5, 0.6) is 0 Å². The number of imide groups is 1. The maximum absolute atomic E-state index is 13.1. The average Bonchev–Trinajstić information content (AvgIpc) is 2.77. The number of urea groups is 1. The van der Waals surface area contributed by atoms with Crippen molar-refractivity contribution in [2.75, 3.05) is 0 Å². The number of rotatable bonds is 4. The number of aryl methyl sites for hydroxylation is 1. The summed E-state index contributed by atoms with van der Waals surface area (Å²) >= 11 is 0. The largest absolute Gasteiger partial charge is 0.449 e. The van der Waals surface area contributed by atoms with Crippen molar-refractivity contribution in [3.05, 3.63) is 41.1 Å². The first-order chi connectivity index (χ1) is 15.0. The molecule has 0 spiro atoms. The highest BCUT2D eigenvalue weighted by Crippen LogP contribution is 2.30. The first kappa shape index (κ1) is 21.3. The molecule has 4 rings (SSSR count). The molecule has 2 aliphatic carbocycles. The Kier molecular flexibility index (Phi) is 6.49. The molecule has 7 heteroatoms. The van der Waals surface area contributed by atoms with Gasteiger partial charge < -0.3 is 10.1 Å². The van der Waals surface area contributed by atoms with Crippen molar-refractivity contribution in [1.82, 2.24) is 15.6 Å². The van der Waals surface area contributed by atoms with E-state index in [2.05, 4.69) is 10.6 Å². The summed E-state index contributed by atoms with van der Waals surface area (Å²) in [6.45, 7) is 1.48. The molecule has 0 saturated heterocycles. The van der Waals surface area contributed by atoms with Crippen LogP contribution in [-0.2, 0) is 22.4 Å². The number of ether oxygens (including phenoxy) is 1. The van der Waals surface area contributed by atoms with E-state index in [1.807, 2.05) is 24.3 Å². The van der Waals surface area contributed by atoms with Crippen molar-refractivity contribution >= 4 is 28.8 Å². The maximum Gasteiger partial charge on any atom is 0.339 e. The van der Waals surface area contributed by atoms with Gasteiger partial charge >= 0.3 is 12.0 Å². The minimum absolute atomic E-state index is 0.0918. The summed E-state index contributed by atoms with van der Waals surface area (Å²) in [6.07, 6.45) is 7.73. The lowest BCUT2D eigenvalue weighted by molar-refractivity contribution is -0.127. The van der Waals surface area contributed by atoms with E-state index in [0.717, 1.165) is 73.5 Å². The number of hydrogen-bond acceptors (Lipinski definition) is 5. The van der Waals surface area contributed by atoms with E-state index in [1.165, 1.54) is 13.3 Å². The molecular weight excluding hydrogens is 394 g/mol. The van der Waals surface area contributed by atoms with Crippen LogP contribution in [0.2, 0.25) is 0 Å². The summed E-state index contributed by atoms with van der Waals surface area (Å²) in [5.41, 5.74) is 3.09. The minimum atomic E-state index is -1.09. The SMILES string of the molecule is C[C@@H](OC(=O)c1c2c(nc3ccccc13)CCCC2)C(=O)NC(=O)NC1CCCCC1. The van der Waals surface area contributed by atoms with Gasteiger partial charge in [0.1, 0.15) is 0 Å². The molecule has 1 heterocycles. The Morgan fingerprint density at radius 3 is 2.58 bits per heavy atom. The second-order valence-electron chi connectivity index (χ2n) is 8.48. The Labute approximate surface area is 181 Å². The highest BCUT2D eigenvalue weighted by Gasteiger charge is 2.27. The molecule has 2 aliphatic rings. The molecular formula is C24H29N3O4. The summed E-state index contributed by atoms with van der Waals surface area (Å²) in [7, 11) is 0. The lowest BCUT2D eigenvalue weighted by Crippen LogP contribution is -2.48. The van der Waals surface area contributed by atoms with Crippen molar-refractivity contribution < 1.29 is 19.1 Å². The summed E-state index contributed by atoms with van der Waals surface area (Å²) in [4.78, 5) is 42.5.